The van der Waals surface area contributed by atoms with E-state index >= 15 is 0 Å². The third kappa shape index (κ3) is 3.82. The Morgan fingerprint density at radius 2 is 2.00 bits per heavy atom. The second-order valence-corrected chi connectivity index (χ2v) is 8.77. The van der Waals surface area contributed by atoms with Crippen LogP contribution in [-0.2, 0) is 17.8 Å². The fourth-order valence-electron chi connectivity index (χ4n) is 2.50. The molecule has 2 atom stereocenters. The zero-order valence-corrected chi connectivity index (χ0v) is 14.4. The summed E-state index contributed by atoms with van der Waals surface area (Å²) in [5.74, 6) is 0. The Morgan fingerprint density at radius 3 is 2.62 bits per heavy atom. The van der Waals surface area contributed by atoms with Crippen molar-refractivity contribution >= 4 is 22.3 Å². The maximum Gasteiger partial charge on any atom is 0.137 e. The average molecular weight is 307 g/mol. The molecule has 3 nitrogen and oxygen atoms in total. The van der Waals surface area contributed by atoms with Gasteiger partial charge in [-0.2, -0.15) is 0 Å². The number of benzene rings is 1. The molecule has 0 N–H and O–H groups in total. The first-order valence-corrected chi connectivity index (χ1v) is 8.54. The smallest absolute Gasteiger partial charge is 0.137 e. The third-order valence-electron chi connectivity index (χ3n) is 3.76. The molecule has 1 unspecified atom stereocenters. The van der Waals surface area contributed by atoms with Crippen LogP contribution in [0.2, 0.25) is 0 Å². The molecule has 0 saturated carbocycles. The molecule has 0 fully saturated rings. The zero-order valence-electron chi connectivity index (χ0n) is 13.6. The van der Waals surface area contributed by atoms with Crippen LogP contribution < -0.4 is 0 Å². The molecule has 0 aliphatic rings. The number of nitrogens with zero attached hydrogens (tertiary/aromatic N) is 1. The van der Waals surface area contributed by atoms with E-state index in [1.807, 2.05) is 38.2 Å². The first kappa shape index (κ1) is 16.4. The van der Waals surface area contributed by atoms with Gasteiger partial charge in [-0.1, -0.05) is 19.1 Å². The van der Waals surface area contributed by atoms with Crippen molar-refractivity contribution in [1.82, 2.24) is 4.31 Å². The van der Waals surface area contributed by atoms with Crippen LogP contribution in [0.4, 0.5) is 0 Å². The quantitative estimate of drug-likeness (QED) is 0.779. The van der Waals surface area contributed by atoms with Crippen LogP contribution in [0.15, 0.2) is 34.9 Å². The van der Waals surface area contributed by atoms with Gasteiger partial charge in [0.05, 0.1) is 12.3 Å². The van der Waals surface area contributed by atoms with Crippen molar-refractivity contribution in [3.8, 4) is 0 Å². The lowest BCUT2D eigenvalue weighted by Crippen LogP contribution is -2.46. The number of furan rings is 1. The first-order chi connectivity index (χ1) is 9.82. The number of rotatable bonds is 5. The van der Waals surface area contributed by atoms with E-state index in [4.69, 9.17) is 4.42 Å². The van der Waals surface area contributed by atoms with Crippen LogP contribution in [0, 0.1) is 0 Å². The minimum Gasteiger partial charge on any atom is -0.598 e. The van der Waals surface area contributed by atoms with E-state index in [0.717, 1.165) is 23.8 Å². The van der Waals surface area contributed by atoms with Gasteiger partial charge >= 0.3 is 0 Å². The lowest BCUT2D eigenvalue weighted by molar-refractivity contribution is 0.345. The Morgan fingerprint density at radius 1 is 1.29 bits per heavy atom. The highest BCUT2D eigenvalue weighted by atomic mass is 32.2. The summed E-state index contributed by atoms with van der Waals surface area (Å²) >= 11 is -0.995. The molecule has 21 heavy (non-hydrogen) atoms. The predicted molar refractivity (Wildman–Crippen MR) is 89.7 cm³/mol. The molecule has 1 heterocycles. The normalized spacial score (nSPS) is 15.6. The summed E-state index contributed by atoms with van der Waals surface area (Å²) < 4.78 is 19.8. The lowest BCUT2D eigenvalue weighted by atomic mass is 10.0. The third-order valence-corrected chi connectivity index (χ3v) is 5.63. The highest BCUT2D eigenvalue weighted by Gasteiger charge is 2.34. The zero-order chi connectivity index (χ0) is 15.6. The molecule has 0 aliphatic carbocycles. The van der Waals surface area contributed by atoms with Crippen molar-refractivity contribution in [1.29, 1.82) is 0 Å². The minimum absolute atomic E-state index is 0.229. The molecule has 0 bridgehead atoms. The molecular weight excluding hydrogens is 282 g/mol. The molecule has 0 spiro atoms. The van der Waals surface area contributed by atoms with Gasteiger partial charge in [0.1, 0.15) is 10.3 Å². The van der Waals surface area contributed by atoms with E-state index in [9.17, 15) is 4.55 Å². The molecule has 1 aromatic heterocycles. The molecule has 1 aromatic carbocycles. The van der Waals surface area contributed by atoms with E-state index in [-0.39, 0.29) is 10.8 Å². The van der Waals surface area contributed by atoms with Crippen LogP contribution in [0.1, 0.15) is 39.7 Å². The molecule has 2 aromatic rings. The summed E-state index contributed by atoms with van der Waals surface area (Å²) in [5, 5.41) is 1.12. The fourth-order valence-corrected chi connectivity index (χ4v) is 3.85. The van der Waals surface area contributed by atoms with Crippen LogP contribution in [0.5, 0.6) is 0 Å². The van der Waals surface area contributed by atoms with Gasteiger partial charge in [-0.25, -0.2) is 0 Å². The Balaban J connectivity index is 2.14. The van der Waals surface area contributed by atoms with Gasteiger partial charge in [0.25, 0.3) is 0 Å². The van der Waals surface area contributed by atoms with Gasteiger partial charge in [0, 0.05) is 23.8 Å². The summed E-state index contributed by atoms with van der Waals surface area (Å²) in [6.07, 6.45) is 3.56. The van der Waals surface area contributed by atoms with Crippen LogP contribution in [0.25, 0.3) is 11.0 Å². The monoisotopic (exact) mass is 307 g/mol. The summed E-state index contributed by atoms with van der Waals surface area (Å²) in [4.78, 5) is 0. The van der Waals surface area contributed by atoms with E-state index < -0.39 is 11.4 Å². The Labute approximate surface area is 130 Å². The second kappa shape index (κ2) is 6.42. The standard InChI is InChI=1S/C17H25NO2S/c1-6-15(18(5)21(19)17(2,3)4)11-13-7-8-14-9-10-20-16(14)12-13/h7-10,12,15H,6,11H2,1-5H3/t15?,21-/m1/s1. The maximum atomic E-state index is 12.5. The van der Waals surface area contributed by atoms with Gasteiger partial charge < -0.3 is 8.97 Å². The molecule has 0 saturated heterocycles. The van der Waals surface area contributed by atoms with Crippen molar-refractivity contribution < 1.29 is 8.97 Å². The predicted octanol–water partition coefficient (Wildman–Crippen LogP) is 4.15. The molecule has 2 rings (SSSR count). The molecule has 0 amide bonds. The van der Waals surface area contributed by atoms with Gasteiger partial charge in [0.2, 0.25) is 0 Å². The van der Waals surface area contributed by atoms with E-state index in [0.29, 0.717) is 0 Å². The van der Waals surface area contributed by atoms with Gasteiger partial charge in [-0.3, -0.25) is 0 Å². The number of likely N-dealkylation sites (N-methyl/N-ethyl adjacent to an activating group) is 1. The summed E-state index contributed by atoms with van der Waals surface area (Å²) in [5.41, 5.74) is 2.14. The SMILES string of the molecule is CCC(Cc1ccc2ccoc2c1)N(C)[S@+]([O-])C(C)(C)C. The summed E-state index contributed by atoms with van der Waals surface area (Å²) in [6.45, 7) is 8.19. The topological polar surface area (TPSA) is 39.4 Å². The van der Waals surface area contributed by atoms with Gasteiger partial charge in [0.15, 0.2) is 0 Å². The van der Waals surface area contributed by atoms with Crippen LogP contribution in [-0.4, -0.2) is 26.7 Å². The van der Waals surface area contributed by atoms with Gasteiger partial charge in [-0.05, 0) is 51.3 Å². The van der Waals surface area contributed by atoms with Crippen molar-refractivity contribution in [3.05, 3.63) is 36.1 Å². The van der Waals surface area contributed by atoms with Crippen LogP contribution >= 0.6 is 0 Å². The number of fused-ring (bicyclic) bond motifs is 1. The second-order valence-electron chi connectivity index (χ2n) is 6.47. The first-order valence-electron chi connectivity index (χ1n) is 7.44. The Hall–Kier alpha value is -0.970. The van der Waals surface area contributed by atoms with E-state index in [1.54, 1.807) is 6.26 Å². The van der Waals surface area contributed by atoms with Gasteiger partial charge in [-0.15, -0.1) is 4.31 Å². The van der Waals surface area contributed by atoms with E-state index in [2.05, 4.69) is 25.1 Å². The highest BCUT2D eigenvalue weighted by molar-refractivity contribution is 7.90. The Bertz CT molecular complexity index is 588. The molecule has 0 radical (unpaired) electrons. The van der Waals surface area contributed by atoms with E-state index in [1.165, 1.54) is 5.56 Å². The van der Waals surface area contributed by atoms with Crippen molar-refractivity contribution in [2.24, 2.45) is 0 Å². The molecule has 0 aliphatic heterocycles. The van der Waals surface area contributed by atoms with Crippen molar-refractivity contribution in [3.63, 3.8) is 0 Å². The van der Waals surface area contributed by atoms with Crippen molar-refractivity contribution in [2.75, 3.05) is 7.05 Å². The average Bonchev–Trinajstić information content (AvgIpc) is 2.89. The fraction of sp³-hybridized carbons (Fsp3) is 0.529. The largest absolute Gasteiger partial charge is 0.598 e. The van der Waals surface area contributed by atoms with Crippen molar-refractivity contribution in [2.45, 2.75) is 51.3 Å². The summed E-state index contributed by atoms with van der Waals surface area (Å²) in [7, 11) is 1.96. The highest BCUT2D eigenvalue weighted by Crippen LogP contribution is 2.25. The molecular formula is C17H25NO2S. The summed E-state index contributed by atoms with van der Waals surface area (Å²) in [6, 6.07) is 8.54. The number of hydrogen-bond donors (Lipinski definition) is 0. The lowest BCUT2D eigenvalue weighted by Gasteiger charge is -2.34. The number of hydrogen-bond acceptors (Lipinski definition) is 3. The minimum atomic E-state index is -0.995. The molecule has 116 valence electrons. The maximum absolute atomic E-state index is 12.5. The van der Waals surface area contributed by atoms with Crippen LogP contribution in [0.3, 0.4) is 0 Å². The Kier molecular flexibility index (Phi) is 5.02. The molecule has 4 heteroatoms.